The van der Waals surface area contributed by atoms with Gasteiger partial charge in [0, 0.05) is 23.8 Å². The van der Waals surface area contributed by atoms with Crippen molar-refractivity contribution in [2.45, 2.75) is 24.6 Å². The van der Waals surface area contributed by atoms with Crippen molar-refractivity contribution in [1.82, 2.24) is 9.97 Å². The van der Waals surface area contributed by atoms with Crippen LogP contribution in [0.25, 0.3) is 0 Å². The third kappa shape index (κ3) is 4.37. The number of rotatable bonds is 5. The molecular weight excluding hydrogens is 310 g/mol. The van der Waals surface area contributed by atoms with Crippen molar-refractivity contribution in [2.24, 2.45) is 0 Å². The van der Waals surface area contributed by atoms with Gasteiger partial charge < -0.3 is 5.32 Å². The summed E-state index contributed by atoms with van der Waals surface area (Å²) in [4.78, 5) is 8.81. The van der Waals surface area contributed by atoms with Gasteiger partial charge in [-0.15, -0.1) is 0 Å². The predicted octanol–water partition coefficient (Wildman–Crippen LogP) is 3.21. The zero-order valence-corrected chi connectivity index (χ0v) is 11.2. The Morgan fingerprint density at radius 1 is 1.43 bits per heavy atom. The standard InChI is InChI=1S/C9H13Br2N3/c1-2-7(10)3-4-12-9-13-5-8(11)6-14-9/h5-7H,2-4H2,1H3,(H,12,13,14). The van der Waals surface area contributed by atoms with Crippen molar-refractivity contribution in [3.63, 3.8) is 0 Å². The number of halogens is 2. The van der Waals surface area contributed by atoms with Gasteiger partial charge in [-0.2, -0.15) is 0 Å². The first-order chi connectivity index (χ1) is 6.72. The minimum atomic E-state index is 0.574. The van der Waals surface area contributed by atoms with Crippen LogP contribution in [0.15, 0.2) is 16.9 Å². The fraction of sp³-hybridized carbons (Fsp3) is 0.556. The van der Waals surface area contributed by atoms with Gasteiger partial charge in [0.25, 0.3) is 0 Å². The molecule has 0 saturated carbocycles. The lowest BCUT2D eigenvalue weighted by molar-refractivity contribution is 0.770. The molecule has 0 radical (unpaired) electrons. The lowest BCUT2D eigenvalue weighted by atomic mass is 10.2. The van der Waals surface area contributed by atoms with Crippen LogP contribution in [0.5, 0.6) is 0 Å². The number of aromatic nitrogens is 2. The highest BCUT2D eigenvalue weighted by Crippen LogP contribution is 2.10. The van der Waals surface area contributed by atoms with Gasteiger partial charge in [-0.05, 0) is 28.8 Å². The van der Waals surface area contributed by atoms with Crippen molar-refractivity contribution in [1.29, 1.82) is 0 Å². The molecule has 0 aromatic carbocycles. The molecule has 1 N–H and O–H groups in total. The molecule has 1 aromatic heterocycles. The summed E-state index contributed by atoms with van der Waals surface area (Å²) < 4.78 is 0.898. The lowest BCUT2D eigenvalue weighted by Gasteiger charge is -2.07. The van der Waals surface area contributed by atoms with Gasteiger partial charge in [0.1, 0.15) is 0 Å². The molecule has 3 nitrogen and oxygen atoms in total. The highest BCUT2D eigenvalue weighted by atomic mass is 79.9. The van der Waals surface area contributed by atoms with Gasteiger partial charge in [0.15, 0.2) is 0 Å². The van der Waals surface area contributed by atoms with E-state index in [9.17, 15) is 0 Å². The van der Waals surface area contributed by atoms with Gasteiger partial charge in [-0.25, -0.2) is 9.97 Å². The Balaban J connectivity index is 2.28. The minimum Gasteiger partial charge on any atom is -0.354 e. The number of nitrogens with one attached hydrogen (secondary N) is 1. The SMILES string of the molecule is CCC(Br)CCNc1ncc(Br)cn1. The van der Waals surface area contributed by atoms with Crippen LogP contribution in [-0.4, -0.2) is 21.3 Å². The van der Waals surface area contributed by atoms with Crippen LogP contribution in [-0.2, 0) is 0 Å². The van der Waals surface area contributed by atoms with Crippen LogP contribution in [0.2, 0.25) is 0 Å². The van der Waals surface area contributed by atoms with E-state index in [2.05, 4.69) is 54.1 Å². The fourth-order valence-electron chi connectivity index (χ4n) is 0.948. The van der Waals surface area contributed by atoms with E-state index < -0.39 is 0 Å². The van der Waals surface area contributed by atoms with Crippen LogP contribution < -0.4 is 5.32 Å². The second kappa shape index (κ2) is 6.35. The quantitative estimate of drug-likeness (QED) is 0.846. The molecule has 1 rings (SSSR count). The molecule has 0 aliphatic heterocycles. The number of nitrogens with zero attached hydrogens (tertiary/aromatic N) is 2. The minimum absolute atomic E-state index is 0.574. The zero-order valence-electron chi connectivity index (χ0n) is 8.00. The van der Waals surface area contributed by atoms with E-state index >= 15 is 0 Å². The maximum Gasteiger partial charge on any atom is 0.222 e. The summed E-state index contributed by atoms with van der Waals surface area (Å²) in [6.45, 7) is 3.06. The first-order valence-electron chi connectivity index (χ1n) is 4.58. The molecule has 0 aliphatic rings. The summed E-state index contributed by atoms with van der Waals surface area (Å²) >= 11 is 6.86. The Bertz CT molecular complexity index is 263. The zero-order chi connectivity index (χ0) is 10.4. The Kier molecular flexibility index (Phi) is 5.40. The number of hydrogen-bond donors (Lipinski definition) is 1. The molecule has 0 amide bonds. The second-order valence-electron chi connectivity index (χ2n) is 2.95. The molecule has 0 bridgehead atoms. The number of alkyl halides is 1. The second-order valence-corrected chi connectivity index (χ2v) is 5.16. The largest absolute Gasteiger partial charge is 0.354 e. The van der Waals surface area contributed by atoms with E-state index in [0.717, 1.165) is 23.9 Å². The fourth-order valence-corrected chi connectivity index (χ4v) is 1.38. The molecule has 0 fully saturated rings. The molecule has 5 heteroatoms. The maximum absolute atomic E-state index is 4.12. The van der Waals surface area contributed by atoms with E-state index in [4.69, 9.17) is 0 Å². The van der Waals surface area contributed by atoms with Crippen molar-refractivity contribution >= 4 is 37.8 Å². The molecule has 1 unspecified atom stereocenters. The third-order valence-electron chi connectivity index (χ3n) is 1.80. The van der Waals surface area contributed by atoms with E-state index in [1.807, 2.05) is 0 Å². The van der Waals surface area contributed by atoms with Crippen molar-refractivity contribution in [3.05, 3.63) is 16.9 Å². The molecule has 0 spiro atoms. The number of hydrogen-bond acceptors (Lipinski definition) is 3. The summed E-state index contributed by atoms with van der Waals surface area (Å²) in [5.74, 6) is 0.684. The monoisotopic (exact) mass is 321 g/mol. The molecule has 0 saturated heterocycles. The first-order valence-corrected chi connectivity index (χ1v) is 6.28. The van der Waals surface area contributed by atoms with Crippen LogP contribution in [0.3, 0.4) is 0 Å². The van der Waals surface area contributed by atoms with Gasteiger partial charge in [0.05, 0.1) is 4.47 Å². The first kappa shape index (κ1) is 11.9. The normalized spacial score (nSPS) is 12.5. The van der Waals surface area contributed by atoms with E-state index in [1.54, 1.807) is 12.4 Å². The molecule has 0 aliphatic carbocycles. The summed E-state index contributed by atoms with van der Waals surface area (Å²) in [6, 6.07) is 0. The molecule has 78 valence electrons. The smallest absolute Gasteiger partial charge is 0.222 e. The Morgan fingerprint density at radius 2 is 2.07 bits per heavy atom. The van der Waals surface area contributed by atoms with E-state index in [-0.39, 0.29) is 0 Å². The summed E-state index contributed by atoms with van der Waals surface area (Å²) in [5, 5.41) is 3.16. The van der Waals surface area contributed by atoms with Crippen molar-refractivity contribution in [3.8, 4) is 0 Å². The third-order valence-corrected chi connectivity index (χ3v) is 3.32. The maximum atomic E-state index is 4.12. The summed E-state index contributed by atoms with van der Waals surface area (Å²) in [7, 11) is 0. The van der Waals surface area contributed by atoms with Crippen LogP contribution in [0.4, 0.5) is 5.95 Å². The Morgan fingerprint density at radius 3 is 2.64 bits per heavy atom. The van der Waals surface area contributed by atoms with Crippen LogP contribution >= 0.6 is 31.9 Å². The topological polar surface area (TPSA) is 37.8 Å². The van der Waals surface area contributed by atoms with Gasteiger partial charge in [-0.3, -0.25) is 0 Å². The molecule has 14 heavy (non-hydrogen) atoms. The molecule has 1 heterocycles. The summed E-state index contributed by atoms with van der Waals surface area (Å²) in [5.41, 5.74) is 0. The Hall–Kier alpha value is -0.160. The van der Waals surface area contributed by atoms with Gasteiger partial charge in [0.2, 0.25) is 5.95 Å². The van der Waals surface area contributed by atoms with Crippen LogP contribution in [0, 0.1) is 0 Å². The highest BCUT2D eigenvalue weighted by molar-refractivity contribution is 9.10. The molecule has 1 atom stereocenters. The van der Waals surface area contributed by atoms with Crippen LogP contribution in [0.1, 0.15) is 19.8 Å². The van der Waals surface area contributed by atoms with Gasteiger partial charge in [-0.1, -0.05) is 22.9 Å². The van der Waals surface area contributed by atoms with Crippen molar-refractivity contribution in [2.75, 3.05) is 11.9 Å². The Labute approximate surface area is 101 Å². The predicted molar refractivity (Wildman–Crippen MR) is 65.8 cm³/mol. The van der Waals surface area contributed by atoms with E-state index in [0.29, 0.717) is 10.8 Å². The van der Waals surface area contributed by atoms with Crippen molar-refractivity contribution < 1.29 is 0 Å². The average molecular weight is 323 g/mol. The lowest BCUT2D eigenvalue weighted by Crippen LogP contribution is -2.09. The number of anilines is 1. The molecular formula is C9H13Br2N3. The van der Waals surface area contributed by atoms with Gasteiger partial charge >= 0.3 is 0 Å². The summed E-state index contributed by atoms with van der Waals surface area (Å²) in [6.07, 6.45) is 5.69. The van der Waals surface area contributed by atoms with E-state index in [1.165, 1.54) is 0 Å². The average Bonchev–Trinajstić information content (AvgIpc) is 2.21. The highest BCUT2D eigenvalue weighted by Gasteiger charge is 2.00. The molecule has 1 aromatic rings.